The first-order valence-electron chi connectivity index (χ1n) is 5.40. The summed E-state index contributed by atoms with van der Waals surface area (Å²) in [6.45, 7) is 1.97. The van der Waals surface area contributed by atoms with Gasteiger partial charge in [-0.15, -0.1) is 0 Å². The van der Waals surface area contributed by atoms with Gasteiger partial charge in [0.15, 0.2) is 0 Å². The normalized spacial score (nSPS) is 27.6. The van der Waals surface area contributed by atoms with E-state index < -0.39 is 0 Å². The summed E-state index contributed by atoms with van der Waals surface area (Å²) in [5.74, 6) is 0.646. The summed E-state index contributed by atoms with van der Waals surface area (Å²) in [5, 5.41) is 0. The molecule has 0 aromatic heterocycles. The molecule has 0 spiro atoms. The van der Waals surface area contributed by atoms with Crippen molar-refractivity contribution in [2.45, 2.75) is 32.1 Å². The zero-order chi connectivity index (χ0) is 9.97. The number of carbonyl (C=O) groups is 1. The van der Waals surface area contributed by atoms with Crippen LogP contribution >= 0.6 is 15.9 Å². The van der Waals surface area contributed by atoms with Gasteiger partial charge in [-0.25, -0.2) is 0 Å². The maximum atomic E-state index is 12.0. The van der Waals surface area contributed by atoms with Crippen LogP contribution in [0.15, 0.2) is 10.6 Å². The molecule has 0 saturated carbocycles. The van der Waals surface area contributed by atoms with Crippen LogP contribution in [0.2, 0.25) is 0 Å². The molecular formula is C11H16BrNO. The molecule has 0 radical (unpaired) electrons. The number of likely N-dealkylation sites (tertiary alicyclic amines) is 1. The smallest absolute Gasteiger partial charge is 0.226 e. The van der Waals surface area contributed by atoms with Gasteiger partial charge in [-0.05, 0) is 36.6 Å². The second-order valence-electron chi connectivity index (χ2n) is 4.15. The van der Waals surface area contributed by atoms with Crippen LogP contribution in [0.3, 0.4) is 0 Å². The fraction of sp³-hybridized carbons (Fsp3) is 0.727. The van der Waals surface area contributed by atoms with Gasteiger partial charge in [0.2, 0.25) is 5.91 Å². The lowest BCUT2D eigenvalue weighted by molar-refractivity contribution is -0.134. The van der Waals surface area contributed by atoms with Crippen molar-refractivity contribution in [3.8, 4) is 0 Å². The number of allylic oxidation sites excluding steroid dienone is 2. The minimum absolute atomic E-state index is 0.259. The summed E-state index contributed by atoms with van der Waals surface area (Å²) in [4.78, 5) is 14.0. The highest BCUT2D eigenvalue weighted by Crippen LogP contribution is 2.28. The first-order valence-corrected chi connectivity index (χ1v) is 6.20. The van der Waals surface area contributed by atoms with E-state index in [4.69, 9.17) is 0 Å². The summed E-state index contributed by atoms with van der Waals surface area (Å²) < 4.78 is 1.27. The topological polar surface area (TPSA) is 20.3 Å². The van der Waals surface area contributed by atoms with Crippen LogP contribution in [0.4, 0.5) is 0 Å². The van der Waals surface area contributed by atoms with Crippen LogP contribution in [0.25, 0.3) is 0 Å². The summed E-state index contributed by atoms with van der Waals surface area (Å²) in [5.41, 5.74) is 0. The Morgan fingerprint density at radius 1 is 1.43 bits per heavy atom. The molecule has 1 amide bonds. The number of amides is 1. The van der Waals surface area contributed by atoms with Crippen molar-refractivity contribution in [3.63, 3.8) is 0 Å². The molecule has 0 bridgehead atoms. The van der Waals surface area contributed by atoms with Crippen molar-refractivity contribution >= 4 is 21.8 Å². The molecule has 2 aliphatic rings. The van der Waals surface area contributed by atoms with E-state index in [0.717, 1.165) is 32.4 Å². The first kappa shape index (κ1) is 10.2. The lowest BCUT2D eigenvalue weighted by Gasteiger charge is -2.24. The Kier molecular flexibility index (Phi) is 3.26. The molecule has 14 heavy (non-hydrogen) atoms. The molecule has 1 fully saturated rings. The average molecular weight is 258 g/mol. The molecule has 1 heterocycles. The van der Waals surface area contributed by atoms with Gasteiger partial charge in [0.1, 0.15) is 0 Å². The number of hydrogen-bond acceptors (Lipinski definition) is 1. The maximum Gasteiger partial charge on any atom is 0.226 e. The van der Waals surface area contributed by atoms with Crippen LogP contribution in [0, 0.1) is 5.92 Å². The van der Waals surface area contributed by atoms with Gasteiger partial charge in [-0.2, -0.15) is 0 Å². The Morgan fingerprint density at radius 3 is 2.71 bits per heavy atom. The van der Waals surface area contributed by atoms with E-state index in [2.05, 4.69) is 22.0 Å². The van der Waals surface area contributed by atoms with Crippen molar-refractivity contribution in [2.24, 2.45) is 5.92 Å². The van der Waals surface area contributed by atoms with Crippen LogP contribution in [-0.2, 0) is 4.79 Å². The summed E-state index contributed by atoms with van der Waals surface area (Å²) in [7, 11) is 0. The summed E-state index contributed by atoms with van der Waals surface area (Å²) >= 11 is 3.48. The lowest BCUT2D eigenvalue weighted by Crippen LogP contribution is -2.34. The van der Waals surface area contributed by atoms with Crippen LogP contribution < -0.4 is 0 Å². The van der Waals surface area contributed by atoms with Crippen LogP contribution in [0.5, 0.6) is 0 Å². The molecule has 0 aromatic carbocycles. The van der Waals surface area contributed by atoms with Gasteiger partial charge in [0.25, 0.3) is 0 Å². The molecule has 1 atom stereocenters. The Hall–Kier alpha value is -0.310. The number of hydrogen-bond donors (Lipinski definition) is 0. The van der Waals surface area contributed by atoms with Gasteiger partial charge in [0.05, 0.1) is 0 Å². The van der Waals surface area contributed by atoms with Gasteiger partial charge in [-0.3, -0.25) is 4.79 Å². The predicted molar refractivity (Wildman–Crippen MR) is 60.2 cm³/mol. The molecule has 3 heteroatoms. The van der Waals surface area contributed by atoms with E-state index in [0.29, 0.717) is 5.91 Å². The average Bonchev–Trinajstić information content (AvgIpc) is 2.71. The number of nitrogens with zero attached hydrogens (tertiary/aromatic N) is 1. The van der Waals surface area contributed by atoms with Gasteiger partial charge in [-0.1, -0.05) is 22.0 Å². The fourth-order valence-corrected chi connectivity index (χ4v) is 2.64. The summed E-state index contributed by atoms with van der Waals surface area (Å²) in [6.07, 6.45) is 7.52. The van der Waals surface area contributed by atoms with Crippen molar-refractivity contribution in [2.75, 3.05) is 13.1 Å². The Balaban J connectivity index is 1.92. The molecule has 1 aliphatic carbocycles. The molecule has 2 rings (SSSR count). The van der Waals surface area contributed by atoms with E-state index in [1.807, 2.05) is 4.90 Å². The molecule has 0 N–H and O–H groups in total. The third-order valence-corrected chi connectivity index (χ3v) is 3.84. The maximum absolute atomic E-state index is 12.0. The number of carbonyl (C=O) groups excluding carboxylic acids is 1. The van der Waals surface area contributed by atoms with Crippen molar-refractivity contribution in [3.05, 3.63) is 10.6 Å². The third kappa shape index (κ3) is 2.19. The molecule has 1 aliphatic heterocycles. The standard InChI is InChI=1S/C11H16BrNO/c12-10-5-3-9(4-6-10)11(14)13-7-1-2-8-13/h5,9H,1-4,6-8H2. The van der Waals surface area contributed by atoms with Crippen molar-refractivity contribution in [1.29, 1.82) is 0 Å². The second kappa shape index (κ2) is 4.47. The lowest BCUT2D eigenvalue weighted by atomic mass is 9.93. The number of rotatable bonds is 1. The van der Waals surface area contributed by atoms with E-state index in [-0.39, 0.29) is 5.92 Å². The van der Waals surface area contributed by atoms with Crippen LogP contribution in [-0.4, -0.2) is 23.9 Å². The zero-order valence-electron chi connectivity index (χ0n) is 8.34. The highest BCUT2D eigenvalue weighted by atomic mass is 79.9. The predicted octanol–water partition coefficient (Wildman–Crippen LogP) is 2.69. The monoisotopic (exact) mass is 257 g/mol. The second-order valence-corrected chi connectivity index (χ2v) is 5.17. The minimum Gasteiger partial charge on any atom is -0.342 e. The zero-order valence-corrected chi connectivity index (χ0v) is 9.92. The Bertz CT molecular complexity index is 256. The van der Waals surface area contributed by atoms with Crippen molar-refractivity contribution < 1.29 is 4.79 Å². The van der Waals surface area contributed by atoms with Gasteiger partial charge < -0.3 is 4.90 Å². The van der Waals surface area contributed by atoms with E-state index in [1.54, 1.807) is 0 Å². The molecule has 78 valence electrons. The van der Waals surface area contributed by atoms with E-state index in [1.165, 1.54) is 17.3 Å². The first-order chi connectivity index (χ1) is 6.77. The molecule has 1 unspecified atom stereocenters. The highest BCUT2D eigenvalue weighted by Gasteiger charge is 2.27. The van der Waals surface area contributed by atoms with Gasteiger partial charge in [0, 0.05) is 19.0 Å². The Labute approximate surface area is 93.5 Å². The Morgan fingerprint density at radius 2 is 2.14 bits per heavy atom. The minimum atomic E-state index is 0.259. The van der Waals surface area contributed by atoms with E-state index in [9.17, 15) is 4.79 Å². The summed E-state index contributed by atoms with van der Waals surface area (Å²) in [6, 6.07) is 0. The van der Waals surface area contributed by atoms with Crippen molar-refractivity contribution in [1.82, 2.24) is 4.90 Å². The van der Waals surface area contributed by atoms with E-state index >= 15 is 0 Å². The SMILES string of the molecule is O=C(C1CC=C(Br)CC1)N1CCCC1. The molecular weight excluding hydrogens is 242 g/mol. The quantitative estimate of drug-likeness (QED) is 0.708. The fourth-order valence-electron chi connectivity index (χ4n) is 2.22. The van der Waals surface area contributed by atoms with Crippen LogP contribution in [0.1, 0.15) is 32.1 Å². The highest BCUT2D eigenvalue weighted by molar-refractivity contribution is 9.11. The third-order valence-electron chi connectivity index (χ3n) is 3.12. The molecule has 1 saturated heterocycles. The molecule has 0 aromatic rings. The van der Waals surface area contributed by atoms with Gasteiger partial charge >= 0.3 is 0 Å². The largest absolute Gasteiger partial charge is 0.342 e. The molecule has 2 nitrogen and oxygen atoms in total. The number of halogens is 1.